The molecule has 0 saturated carbocycles. The van der Waals surface area contributed by atoms with Crippen molar-refractivity contribution in [1.82, 2.24) is 9.38 Å². The maximum atomic E-state index is 6.21. The third-order valence-corrected chi connectivity index (χ3v) is 4.69. The van der Waals surface area contributed by atoms with Crippen LogP contribution < -0.4 is 0 Å². The highest BCUT2D eigenvalue weighted by Crippen LogP contribution is 2.41. The molecule has 2 heterocycles. The number of benzene rings is 1. The lowest BCUT2D eigenvalue weighted by molar-refractivity contribution is 1.05. The summed E-state index contributed by atoms with van der Waals surface area (Å²) in [5, 5.41) is 1.20. The molecule has 0 amide bonds. The van der Waals surface area contributed by atoms with E-state index in [1.807, 2.05) is 16.7 Å². The molecular formula is C14H7BrCl2N2. The summed E-state index contributed by atoms with van der Waals surface area (Å²) in [5.74, 6) is 0. The Hall–Kier alpha value is -1.03. The van der Waals surface area contributed by atoms with E-state index >= 15 is 0 Å². The van der Waals surface area contributed by atoms with Crippen molar-refractivity contribution >= 4 is 44.8 Å². The van der Waals surface area contributed by atoms with E-state index in [0.717, 1.165) is 27.9 Å². The smallest absolute Gasteiger partial charge is 0.156 e. The van der Waals surface area contributed by atoms with Gasteiger partial charge in [-0.05, 0) is 17.7 Å². The fraction of sp³-hybridized carbons (Fsp3) is 0.0714. The molecule has 94 valence electrons. The highest BCUT2D eigenvalue weighted by Gasteiger charge is 2.26. The highest BCUT2D eigenvalue weighted by atomic mass is 79.9. The van der Waals surface area contributed by atoms with Crippen LogP contribution in [0.3, 0.4) is 0 Å². The third kappa shape index (κ3) is 1.59. The zero-order chi connectivity index (χ0) is 13.1. The first-order valence-corrected chi connectivity index (χ1v) is 7.34. The summed E-state index contributed by atoms with van der Waals surface area (Å²) in [6, 6.07) is 7.89. The van der Waals surface area contributed by atoms with E-state index in [-0.39, 0.29) is 0 Å². The highest BCUT2D eigenvalue weighted by molar-refractivity contribution is 9.10. The summed E-state index contributed by atoms with van der Waals surface area (Å²) in [5.41, 5.74) is 5.34. The van der Waals surface area contributed by atoms with Crippen molar-refractivity contribution < 1.29 is 0 Å². The van der Waals surface area contributed by atoms with Gasteiger partial charge < -0.3 is 4.40 Å². The van der Waals surface area contributed by atoms with Crippen LogP contribution in [0.2, 0.25) is 10.0 Å². The average molecular weight is 354 g/mol. The number of halogens is 3. The van der Waals surface area contributed by atoms with Crippen molar-refractivity contribution in [3.8, 4) is 11.3 Å². The van der Waals surface area contributed by atoms with E-state index in [4.69, 9.17) is 23.2 Å². The fourth-order valence-electron chi connectivity index (χ4n) is 2.63. The zero-order valence-corrected chi connectivity index (χ0v) is 12.7. The van der Waals surface area contributed by atoms with Gasteiger partial charge in [-0.2, -0.15) is 0 Å². The Morgan fingerprint density at radius 3 is 2.95 bits per heavy atom. The van der Waals surface area contributed by atoms with Crippen LogP contribution in [0.4, 0.5) is 0 Å². The van der Waals surface area contributed by atoms with Crippen LogP contribution in [0.5, 0.6) is 0 Å². The second kappa shape index (κ2) is 3.98. The Morgan fingerprint density at radius 1 is 1.26 bits per heavy atom. The van der Waals surface area contributed by atoms with Crippen molar-refractivity contribution in [3.63, 3.8) is 0 Å². The molecule has 0 spiro atoms. The molecule has 1 aliphatic rings. The topological polar surface area (TPSA) is 17.3 Å². The van der Waals surface area contributed by atoms with E-state index in [1.165, 1.54) is 11.1 Å². The number of imidazole rings is 1. The summed E-state index contributed by atoms with van der Waals surface area (Å²) in [6.45, 7) is 0. The Kier molecular flexibility index (Phi) is 2.47. The molecule has 0 aliphatic heterocycles. The van der Waals surface area contributed by atoms with Crippen molar-refractivity contribution in [2.45, 2.75) is 6.42 Å². The Bertz CT molecular complexity index is 839. The minimum atomic E-state index is 0.582. The van der Waals surface area contributed by atoms with E-state index in [9.17, 15) is 0 Å². The molecule has 0 radical (unpaired) electrons. The second-order valence-electron chi connectivity index (χ2n) is 4.55. The first-order chi connectivity index (χ1) is 9.15. The van der Waals surface area contributed by atoms with Crippen LogP contribution in [-0.4, -0.2) is 9.38 Å². The summed E-state index contributed by atoms with van der Waals surface area (Å²) >= 11 is 15.9. The number of hydrogen-bond acceptors (Lipinski definition) is 1. The molecule has 19 heavy (non-hydrogen) atoms. The van der Waals surface area contributed by atoms with E-state index in [2.05, 4.69) is 33.0 Å². The van der Waals surface area contributed by atoms with Crippen molar-refractivity contribution in [2.24, 2.45) is 0 Å². The average Bonchev–Trinajstić information content (AvgIpc) is 2.88. The largest absolute Gasteiger partial charge is 0.300 e. The molecule has 0 unspecified atom stereocenters. The van der Waals surface area contributed by atoms with Gasteiger partial charge in [0.05, 0.1) is 21.4 Å². The molecule has 2 aromatic heterocycles. The number of rotatable bonds is 0. The van der Waals surface area contributed by atoms with Crippen LogP contribution in [0.15, 0.2) is 34.9 Å². The lowest BCUT2D eigenvalue weighted by Crippen LogP contribution is -1.93. The van der Waals surface area contributed by atoms with Gasteiger partial charge in [-0.3, -0.25) is 0 Å². The number of fused-ring (bicyclic) bond motifs is 5. The SMILES string of the molecule is Clc1cc(Cl)c2nc3c(n2c1)Cc1c(Br)cccc1-3. The molecule has 0 N–H and O–H groups in total. The maximum absolute atomic E-state index is 6.21. The van der Waals surface area contributed by atoms with Gasteiger partial charge in [0.15, 0.2) is 5.65 Å². The summed E-state index contributed by atoms with van der Waals surface area (Å²) in [7, 11) is 0. The Labute approximate surface area is 128 Å². The Balaban J connectivity index is 2.10. The predicted octanol–water partition coefficient (Wildman–Crippen LogP) is 4.97. The summed E-state index contributed by atoms with van der Waals surface area (Å²) in [4.78, 5) is 4.67. The summed E-state index contributed by atoms with van der Waals surface area (Å²) < 4.78 is 3.11. The molecule has 3 aromatic rings. The van der Waals surface area contributed by atoms with Gasteiger partial charge in [0.2, 0.25) is 0 Å². The first kappa shape index (κ1) is 11.8. The Morgan fingerprint density at radius 2 is 2.11 bits per heavy atom. The molecular weight excluding hydrogens is 347 g/mol. The normalized spacial score (nSPS) is 12.8. The van der Waals surface area contributed by atoms with E-state index in [1.54, 1.807) is 6.07 Å². The van der Waals surface area contributed by atoms with Crippen molar-refractivity contribution in [2.75, 3.05) is 0 Å². The minimum Gasteiger partial charge on any atom is -0.300 e. The van der Waals surface area contributed by atoms with Crippen LogP contribution in [0, 0.1) is 0 Å². The van der Waals surface area contributed by atoms with Crippen molar-refractivity contribution in [1.29, 1.82) is 0 Å². The van der Waals surface area contributed by atoms with Crippen LogP contribution in [-0.2, 0) is 6.42 Å². The van der Waals surface area contributed by atoms with Gasteiger partial charge in [0.1, 0.15) is 0 Å². The maximum Gasteiger partial charge on any atom is 0.156 e. The zero-order valence-electron chi connectivity index (χ0n) is 9.62. The molecule has 1 aromatic carbocycles. The van der Waals surface area contributed by atoms with Gasteiger partial charge in [-0.15, -0.1) is 0 Å². The second-order valence-corrected chi connectivity index (χ2v) is 6.25. The molecule has 2 nitrogen and oxygen atoms in total. The quantitative estimate of drug-likeness (QED) is 0.436. The number of nitrogens with zero attached hydrogens (tertiary/aromatic N) is 2. The van der Waals surface area contributed by atoms with Crippen LogP contribution >= 0.6 is 39.1 Å². The number of pyridine rings is 1. The van der Waals surface area contributed by atoms with Gasteiger partial charge >= 0.3 is 0 Å². The van der Waals surface area contributed by atoms with E-state index in [0.29, 0.717) is 10.0 Å². The molecule has 5 heteroatoms. The van der Waals surface area contributed by atoms with Gasteiger partial charge in [0, 0.05) is 22.7 Å². The standard InChI is InChI=1S/C14H7BrCl2N2/c15-10-3-1-2-8-9(10)5-12-13(8)18-14-11(17)4-7(16)6-19(12)14/h1-4,6H,5H2. The predicted molar refractivity (Wildman–Crippen MR) is 81.2 cm³/mol. The lowest BCUT2D eigenvalue weighted by Gasteiger charge is -2.03. The van der Waals surface area contributed by atoms with Gasteiger partial charge in [-0.1, -0.05) is 51.3 Å². The molecule has 0 bridgehead atoms. The molecule has 0 atom stereocenters. The number of aromatic nitrogens is 2. The number of hydrogen-bond donors (Lipinski definition) is 0. The van der Waals surface area contributed by atoms with Crippen LogP contribution in [0.1, 0.15) is 11.3 Å². The fourth-order valence-corrected chi connectivity index (χ4v) is 3.65. The molecule has 4 rings (SSSR count). The summed E-state index contributed by atoms with van der Waals surface area (Å²) in [6.07, 6.45) is 2.71. The van der Waals surface area contributed by atoms with Crippen LogP contribution in [0.25, 0.3) is 16.9 Å². The molecule has 0 saturated heterocycles. The van der Waals surface area contributed by atoms with Gasteiger partial charge in [-0.25, -0.2) is 4.98 Å². The minimum absolute atomic E-state index is 0.582. The van der Waals surface area contributed by atoms with Crippen molar-refractivity contribution in [3.05, 3.63) is 56.2 Å². The molecule has 1 aliphatic carbocycles. The third-order valence-electron chi connectivity index (χ3n) is 3.46. The van der Waals surface area contributed by atoms with E-state index < -0.39 is 0 Å². The lowest BCUT2D eigenvalue weighted by atomic mass is 10.1. The molecule has 0 fully saturated rings. The first-order valence-electron chi connectivity index (χ1n) is 5.79. The monoisotopic (exact) mass is 352 g/mol. The van der Waals surface area contributed by atoms with Gasteiger partial charge in [0.25, 0.3) is 0 Å².